The van der Waals surface area contributed by atoms with Crippen LogP contribution in [0.1, 0.15) is 40.0 Å². The van der Waals surface area contributed by atoms with Crippen molar-refractivity contribution >= 4 is 46.0 Å². The molecule has 6 rings (SSSR count). The van der Waals surface area contributed by atoms with Crippen LogP contribution < -0.4 is 4.90 Å². The van der Waals surface area contributed by atoms with Crippen LogP contribution in [0.4, 0.5) is 5.69 Å². The Morgan fingerprint density at radius 2 is 1.78 bits per heavy atom. The fourth-order valence-electron chi connectivity index (χ4n) is 7.29. The standard InChI is InChI=1S/C33H38N2O5S/c1-21(2)25(20-36)35-28-30(38)34(24-14-13-22-11-6-7-12-23(22)19-24)17-10-16-33(28)26(29(35)37)27-31(39)40-18-9-5-4-8-15-32(27,3)41-33/h6-8,10-16,19,21,25-28,36H,4-5,9,17-18,20H2,1-3H3/b15-8-/t25-,26-,27-,28?,32+,33-/m0/s1. The Morgan fingerprint density at radius 3 is 2.54 bits per heavy atom. The topological polar surface area (TPSA) is 87.2 Å². The first kappa shape index (κ1) is 28.0. The van der Waals surface area contributed by atoms with Crippen molar-refractivity contribution in [2.75, 3.05) is 24.7 Å². The SMILES string of the molecule is CC(C)[C@H](CO)N1C(=O)[C@@H]2[C@H]3C(=O)OCCCC/C=C\[C@@]3(C)S[C@@]23C=CCN(c2ccc4ccccc4c2)C(=O)C13. The Morgan fingerprint density at radius 1 is 1.00 bits per heavy atom. The van der Waals surface area contributed by atoms with E-state index in [0.29, 0.717) is 13.2 Å². The first-order valence-corrected chi connectivity index (χ1v) is 15.5. The molecule has 6 atom stereocenters. The summed E-state index contributed by atoms with van der Waals surface area (Å²) in [5, 5.41) is 12.6. The molecule has 4 aliphatic rings. The highest BCUT2D eigenvalue weighted by molar-refractivity contribution is 8.02. The number of nitrogens with zero attached hydrogens (tertiary/aromatic N) is 2. The molecular formula is C33H38N2O5S. The average molecular weight is 575 g/mol. The number of carbonyl (C=O) groups is 3. The highest BCUT2D eigenvalue weighted by Gasteiger charge is 2.74. The number of rotatable bonds is 4. The zero-order chi connectivity index (χ0) is 28.9. The van der Waals surface area contributed by atoms with E-state index < -0.39 is 33.4 Å². The molecule has 1 N–H and O–H groups in total. The number of aliphatic hydroxyl groups excluding tert-OH is 1. The number of cyclic esters (lactones) is 1. The van der Waals surface area contributed by atoms with Gasteiger partial charge in [0.1, 0.15) is 6.04 Å². The molecule has 41 heavy (non-hydrogen) atoms. The van der Waals surface area contributed by atoms with E-state index in [4.69, 9.17) is 4.74 Å². The number of hydrogen-bond donors (Lipinski definition) is 1. The van der Waals surface area contributed by atoms with Gasteiger partial charge < -0.3 is 19.6 Å². The number of amides is 2. The molecule has 0 aliphatic carbocycles. The molecule has 2 saturated heterocycles. The van der Waals surface area contributed by atoms with Gasteiger partial charge in [-0.25, -0.2) is 0 Å². The van der Waals surface area contributed by atoms with Crippen LogP contribution in [0.2, 0.25) is 0 Å². The summed E-state index contributed by atoms with van der Waals surface area (Å²) in [6.07, 6.45) is 10.7. The average Bonchev–Trinajstić information content (AvgIpc) is 3.28. The number of hydrogen-bond acceptors (Lipinski definition) is 6. The lowest BCUT2D eigenvalue weighted by atomic mass is 9.74. The van der Waals surface area contributed by atoms with Crippen molar-refractivity contribution in [2.45, 2.75) is 61.6 Å². The summed E-state index contributed by atoms with van der Waals surface area (Å²) in [5.74, 6) is -2.48. The van der Waals surface area contributed by atoms with Crippen LogP contribution in [0.25, 0.3) is 10.8 Å². The van der Waals surface area contributed by atoms with Crippen molar-refractivity contribution in [3.8, 4) is 0 Å². The molecule has 2 amide bonds. The van der Waals surface area contributed by atoms with Gasteiger partial charge in [0.25, 0.3) is 5.91 Å². The van der Waals surface area contributed by atoms with E-state index in [1.54, 1.807) is 9.80 Å². The van der Waals surface area contributed by atoms with Gasteiger partial charge in [-0.1, -0.05) is 68.5 Å². The minimum Gasteiger partial charge on any atom is -0.465 e. The zero-order valence-corrected chi connectivity index (χ0v) is 24.7. The zero-order valence-electron chi connectivity index (χ0n) is 23.9. The summed E-state index contributed by atoms with van der Waals surface area (Å²) in [5.41, 5.74) is 0.754. The summed E-state index contributed by atoms with van der Waals surface area (Å²) < 4.78 is 4.05. The lowest BCUT2D eigenvalue weighted by molar-refractivity contribution is -0.155. The van der Waals surface area contributed by atoms with Crippen molar-refractivity contribution in [1.82, 2.24) is 4.90 Å². The van der Waals surface area contributed by atoms with E-state index in [0.717, 1.165) is 35.7 Å². The third kappa shape index (κ3) is 4.41. The van der Waals surface area contributed by atoms with Crippen LogP contribution in [-0.4, -0.2) is 69.1 Å². The predicted molar refractivity (Wildman–Crippen MR) is 161 cm³/mol. The summed E-state index contributed by atoms with van der Waals surface area (Å²) in [6.45, 7) is 6.29. The molecule has 0 aromatic heterocycles. The molecule has 0 saturated carbocycles. The molecule has 0 radical (unpaired) electrons. The van der Waals surface area contributed by atoms with Crippen LogP contribution in [0, 0.1) is 17.8 Å². The summed E-state index contributed by atoms with van der Waals surface area (Å²) in [4.78, 5) is 46.5. The minimum atomic E-state index is -0.987. The van der Waals surface area contributed by atoms with Gasteiger partial charge in [0.15, 0.2) is 0 Å². The fraction of sp³-hybridized carbons (Fsp3) is 0.485. The van der Waals surface area contributed by atoms with Crippen LogP contribution in [0.5, 0.6) is 0 Å². The van der Waals surface area contributed by atoms with Gasteiger partial charge in [-0.3, -0.25) is 14.4 Å². The molecule has 1 spiro atoms. The number of fused-ring (bicyclic) bond motifs is 3. The minimum absolute atomic E-state index is 0.0961. The predicted octanol–water partition coefficient (Wildman–Crippen LogP) is 4.73. The van der Waals surface area contributed by atoms with Crippen LogP contribution in [0.15, 0.2) is 66.8 Å². The van der Waals surface area contributed by atoms with E-state index in [-0.39, 0.29) is 30.3 Å². The molecular weight excluding hydrogens is 536 g/mol. The number of allylic oxidation sites excluding steroid dienone is 1. The number of likely N-dealkylation sites (tertiary alicyclic amines) is 1. The highest BCUT2D eigenvalue weighted by Crippen LogP contribution is 2.65. The third-order valence-corrected chi connectivity index (χ3v) is 11.1. The Hall–Kier alpha value is -3.10. The molecule has 0 bridgehead atoms. The molecule has 1 unspecified atom stereocenters. The maximum Gasteiger partial charge on any atom is 0.311 e. The number of carbonyl (C=O) groups excluding carboxylic acids is 3. The number of benzene rings is 2. The molecule has 216 valence electrons. The number of ether oxygens (including phenoxy) is 1. The van der Waals surface area contributed by atoms with Crippen LogP contribution in [-0.2, 0) is 19.1 Å². The number of aliphatic hydroxyl groups is 1. The fourth-order valence-corrected chi connectivity index (χ4v) is 9.43. The van der Waals surface area contributed by atoms with Crippen LogP contribution >= 0.6 is 11.8 Å². The molecule has 8 heteroatoms. The molecule has 2 aromatic carbocycles. The van der Waals surface area contributed by atoms with Crippen molar-refractivity contribution in [3.63, 3.8) is 0 Å². The van der Waals surface area contributed by atoms with E-state index in [1.165, 1.54) is 11.8 Å². The van der Waals surface area contributed by atoms with Crippen molar-refractivity contribution in [3.05, 3.63) is 66.8 Å². The highest BCUT2D eigenvalue weighted by atomic mass is 32.2. The van der Waals surface area contributed by atoms with Gasteiger partial charge in [0.2, 0.25) is 5.91 Å². The molecule has 7 nitrogen and oxygen atoms in total. The maximum absolute atomic E-state index is 14.8. The van der Waals surface area contributed by atoms with Gasteiger partial charge in [-0.05, 0) is 55.0 Å². The normalized spacial score (nSPS) is 33.3. The Balaban J connectivity index is 1.51. The number of anilines is 1. The first-order valence-electron chi connectivity index (χ1n) is 14.7. The Bertz CT molecular complexity index is 1440. The molecule has 2 fully saturated rings. The first-order chi connectivity index (χ1) is 19.7. The Kier molecular flexibility index (Phi) is 7.27. The van der Waals surface area contributed by atoms with E-state index in [1.807, 2.05) is 75.4 Å². The monoisotopic (exact) mass is 574 g/mol. The van der Waals surface area contributed by atoms with E-state index >= 15 is 0 Å². The molecule has 2 aromatic rings. The molecule has 4 heterocycles. The van der Waals surface area contributed by atoms with Crippen LogP contribution in [0.3, 0.4) is 0 Å². The number of thioether (sulfide) groups is 1. The van der Waals surface area contributed by atoms with E-state index in [2.05, 4.69) is 12.2 Å². The van der Waals surface area contributed by atoms with Gasteiger partial charge >= 0.3 is 5.97 Å². The van der Waals surface area contributed by atoms with Gasteiger partial charge in [-0.15, -0.1) is 11.8 Å². The van der Waals surface area contributed by atoms with Gasteiger partial charge in [0, 0.05) is 17.0 Å². The Labute approximate surface area is 245 Å². The van der Waals surface area contributed by atoms with Crippen molar-refractivity contribution in [2.24, 2.45) is 17.8 Å². The summed E-state index contributed by atoms with van der Waals surface area (Å²) in [7, 11) is 0. The second-order valence-corrected chi connectivity index (χ2v) is 14.0. The quantitative estimate of drug-likeness (QED) is 0.420. The molecule has 4 aliphatic heterocycles. The second-order valence-electron chi connectivity index (χ2n) is 12.2. The maximum atomic E-state index is 14.8. The van der Waals surface area contributed by atoms with Gasteiger partial charge in [0.05, 0.1) is 35.8 Å². The summed E-state index contributed by atoms with van der Waals surface area (Å²) >= 11 is 1.54. The van der Waals surface area contributed by atoms with Crippen molar-refractivity contribution < 1.29 is 24.2 Å². The third-order valence-electron chi connectivity index (χ3n) is 9.30. The smallest absolute Gasteiger partial charge is 0.311 e. The largest absolute Gasteiger partial charge is 0.465 e. The van der Waals surface area contributed by atoms with Gasteiger partial charge in [-0.2, -0.15) is 0 Å². The second kappa shape index (κ2) is 10.6. The lowest BCUT2D eigenvalue weighted by Gasteiger charge is -2.41. The number of esters is 1. The lowest BCUT2D eigenvalue weighted by Crippen LogP contribution is -2.58. The van der Waals surface area contributed by atoms with E-state index in [9.17, 15) is 19.5 Å². The van der Waals surface area contributed by atoms with Crippen molar-refractivity contribution in [1.29, 1.82) is 0 Å². The summed E-state index contributed by atoms with van der Waals surface area (Å²) in [6, 6.07) is 12.5.